The van der Waals surface area contributed by atoms with Crippen molar-refractivity contribution in [3.05, 3.63) is 72.6 Å². The van der Waals surface area contributed by atoms with Crippen LogP contribution in [0.25, 0.3) is 32.7 Å². The van der Waals surface area contributed by atoms with Gasteiger partial charge in [0.2, 0.25) is 0 Å². The Kier molecular flexibility index (Phi) is 9.43. The van der Waals surface area contributed by atoms with E-state index >= 15 is 0 Å². The van der Waals surface area contributed by atoms with Gasteiger partial charge in [0.15, 0.2) is 11.6 Å². The van der Waals surface area contributed by atoms with E-state index in [1.807, 2.05) is 61.5 Å². The van der Waals surface area contributed by atoms with Gasteiger partial charge < -0.3 is 29.4 Å². The minimum Gasteiger partial charge on any atom is -0.462 e. The maximum Gasteiger partial charge on any atom is 0.462 e. The van der Waals surface area contributed by atoms with Crippen LogP contribution in [-0.2, 0) is 36.5 Å². The van der Waals surface area contributed by atoms with Crippen molar-refractivity contribution in [1.29, 1.82) is 0 Å². The minimum atomic E-state index is -4.47. The lowest BCUT2D eigenvalue weighted by Crippen LogP contribution is -2.40. The number of ether oxygens (including phenoxy) is 2. The van der Waals surface area contributed by atoms with Crippen molar-refractivity contribution in [3.63, 3.8) is 0 Å². The number of rotatable bonds is 13. The van der Waals surface area contributed by atoms with Crippen molar-refractivity contribution in [2.75, 3.05) is 12.3 Å². The largest absolute Gasteiger partial charge is 0.462 e. The zero-order valence-corrected chi connectivity index (χ0v) is 26.8. The number of nitrogens with zero attached hydrogens (tertiary/aromatic N) is 3. The molecule has 238 valence electrons. The van der Waals surface area contributed by atoms with Crippen molar-refractivity contribution in [2.24, 2.45) is 0 Å². The van der Waals surface area contributed by atoms with Gasteiger partial charge in [-0.1, -0.05) is 48.5 Å². The Hall–Kier alpha value is -4.06. The van der Waals surface area contributed by atoms with Crippen LogP contribution in [0, 0.1) is 0 Å². The molecule has 13 heteroatoms. The van der Waals surface area contributed by atoms with Crippen LogP contribution in [0.5, 0.6) is 5.75 Å². The normalized spacial score (nSPS) is 15.3. The Balaban J connectivity index is 1.53. The van der Waals surface area contributed by atoms with Crippen LogP contribution < -0.4 is 15.3 Å². The van der Waals surface area contributed by atoms with Crippen molar-refractivity contribution in [1.82, 2.24) is 19.6 Å². The van der Waals surface area contributed by atoms with Gasteiger partial charge in [-0.3, -0.25) is 9.32 Å². The maximum atomic E-state index is 14.4. The highest BCUT2D eigenvalue weighted by atomic mass is 31.2. The van der Waals surface area contributed by atoms with Gasteiger partial charge in [0.05, 0.1) is 23.7 Å². The number of hydrogen-bond donors (Lipinski definition) is 3. The molecule has 1 unspecified atom stereocenters. The van der Waals surface area contributed by atoms with Crippen molar-refractivity contribution >= 4 is 52.2 Å². The average molecular weight is 636 g/mol. The number of aliphatic hydroxyl groups is 1. The molecular formula is C32H38N5O7P. The van der Waals surface area contributed by atoms with Crippen LogP contribution in [0.15, 0.2) is 66.7 Å². The number of benzene rings is 3. The summed E-state index contributed by atoms with van der Waals surface area (Å²) < 4.78 is 39.0. The molecule has 0 radical (unpaired) electrons. The van der Waals surface area contributed by atoms with Crippen LogP contribution >= 0.6 is 7.75 Å². The van der Waals surface area contributed by atoms with Crippen LogP contribution in [0.4, 0.5) is 5.82 Å². The predicted molar refractivity (Wildman–Crippen MR) is 172 cm³/mol. The third kappa shape index (κ3) is 7.43. The highest BCUT2D eigenvalue weighted by Gasteiger charge is 2.40. The third-order valence-electron chi connectivity index (χ3n) is 6.90. The first kappa shape index (κ1) is 32.3. The van der Waals surface area contributed by atoms with E-state index < -0.39 is 31.6 Å². The quantitative estimate of drug-likeness (QED) is 0.0827. The summed E-state index contributed by atoms with van der Waals surface area (Å²) in [5.74, 6) is -1.92. The lowest BCUT2D eigenvalue weighted by Gasteiger charge is -2.31. The predicted octanol–water partition coefficient (Wildman–Crippen LogP) is 5.70. The summed E-state index contributed by atoms with van der Waals surface area (Å²) in [6.45, 7) is 8.38. The molecule has 0 spiro atoms. The topological polar surface area (TPSA) is 160 Å². The number of nitrogens with one attached hydrogen (secondary N) is 1. The number of imidazole rings is 1. The molecule has 5 aromatic rings. The molecule has 0 aliphatic carbocycles. The van der Waals surface area contributed by atoms with E-state index in [4.69, 9.17) is 24.3 Å². The molecule has 5 rings (SSSR count). The molecule has 0 amide bonds. The molecule has 2 aromatic heterocycles. The molecule has 2 heterocycles. The number of aromatic nitrogens is 3. The number of para-hydroxylation sites is 1. The highest BCUT2D eigenvalue weighted by Crippen LogP contribution is 2.49. The van der Waals surface area contributed by atoms with Gasteiger partial charge in [0, 0.05) is 12.0 Å². The second kappa shape index (κ2) is 13.1. The van der Waals surface area contributed by atoms with Crippen molar-refractivity contribution in [3.8, 4) is 5.75 Å². The first-order valence-electron chi connectivity index (χ1n) is 14.7. The van der Waals surface area contributed by atoms with E-state index in [1.54, 1.807) is 30.5 Å². The number of carbonyl (C=O) groups excluding carboxylic acids is 1. The molecule has 12 nitrogen and oxygen atoms in total. The van der Waals surface area contributed by atoms with E-state index in [2.05, 4.69) is 15.1 Å². The molecule has 0 saturated heterocycles. The smallest absolute Gasteiger partial charge is 0.462 e. The monoisotopic (exact) mass is 635 g/mol. The number of anilines is 1. The first-order valence-corrected chi connectivity index (χ1v) is 16.2. The number of nitrogen functional groups attached to an aromatic ring is 1. The Morgan fingerprint density at radius 3 is 2.51 bits per heavy atom. The van der Waals surface area contributed by atoms with Crippen molar-refractivity contribution in [2.45, 2.75) is 65.7 Å². The molecule has 0 saturated carbocycles. The number of pyridine rings is 1. The fraction of sp³-hybridized carbons (Fsp3) is 0.344. The van der Waals surface area contributed by atoms with Gasteiger partial charge in [0.1, 0.15) is 29.7 Å². The number of nitrogens with two attached hydrogens (primary N) is 1. The molecular weight excluding hydrogens is 597 g/mol. The number of carbonyl (C=O) groups is 1. The number of hydrogen-bond acceptors (Lipinski definition) is 10. The van der Waals surface area contributed by atoms with E-state index in [0.29, 0.717) is 29.0 Å². The fourth-order valence-corrected chi connectivity index (χ4v) is 6.71. The molecule has 0 bridgehead atoms. The Bertz CT molecular complexity index is 1890. The molecule has 0 aliphatic heterocycles. The van der Waals surface area contributed by atoms with E-state index in [9.17, 15) is 14.5 Å². The zero-order valence-electron chi connectivity index (χ0n) is 25.9. The van der Waals surface area contributed by atoms with Crippen LogP contribution in [0.2, 0.25) is 0 Å². The summed E-state index contributed by atoms with van der Waals surface area (Å²) in [5.41, 5.74) is 7.97. The molecule has 45 heavy (non-hydrogen) atoms. The Morgan fingerprint density at radius 2 is 1.78 bits per heavy atom. The summed E-state index contributed by atoms with van der Waals surface area (Å²) in [6.07, 6.45) is -0.401. The lowest BCUT2D eigenvalue weighted by atomic mass is 10.1. The number of fused-ring (bicyclic) bond motifs is 4. The van der Waals surface area contributed by atoms with Gasteiger partial charge in [-0.05, 0) is 63.6 Å². The fourth-order valence-electron chi connectivity index (χ4n) is 5.02. The third-order valence-corrected chi connectivity index (χ3v) is 8.69. The summed E-state index contributed by atoms with van der Waals surface area (Å²) in [4.78, 5) is 21.9. The number of esters is 1. The van der Waals surface area contributed by atoms with Crippen LogP contribution in [0.3, 0.4) is 0 Å². The second-order valence-electron chi connectivity index (χ2n) is 11.2. The van der Waals surface area contributed by atoms with E-state index in [-0.39, 0.29) is 24.7 Å². The summed E-state index contributed by atoms with van der Waals surface area (Å²) in [5, 5.41) is 16.9. The average Bonchev–Trinajstić information content (AvgIpc) is 3.33. The van der Waals surface area contributed by atoms with E-state index in [1.165, 1.54) is 13.8 Å². The van der Waals surface area contributed by atoms with E-state index in [0.717, 1.165) is 16.2 Å². The molecule has 3 atom stereocenters. The Labute approximate surface area is 261 Å². The first-order chi connectivity index (χ1) is 21.4. The highest BCUT2D eigenvalue weighted by molar-refractivity contribution is 7.52. The summed E-state index contributed by atoms with van der Waals surface area (Å²) in [6, 6.07) is 19.0. The second-order valence-corrected chi connectivity index (χ2v) is 12.8. The molecule has 0 fully saturated rings. The lowest BCUT2D eigenvalue weighted by molar-refractivity contribution is -0.150. The van der Waals surface area contributed by atoms with Crippen LogP contribution in [-0.4, -0.2) is 50.2 Å². The summed E-state index contributed by atoms with van der Waals surface area (Å²) >= 11 is 0. The van der Waals surface area contributed by atoms with Crippen LogP contribution in [0.1, 0.15) is 40.4 Å². The molecule has 3 aromatic carbocycles. The SMILES string of the molecule is CCOCc1nc2c(N)nc3ccccc3c2n1CC(C)(O)O[P@@](=O)(N[C@@H](C)C(=O)OC(C)C)Oc1ccc2ccccc2c1. The van der Waals surface area contributed by atoms with Crippen molar-refractivity contribution < 1.29 is 33.0 Å². The van der Waals surface area contributed by atoms with Gasteiger partial charge in [-0.2, -0.15) is 5.09 Å². The maximum absolute atomic E-state index is 14.4. The summed E-state index contributed by atoms with van der Waals surface area (Å²) in [7, 11) is -4.47. The Morgan fingerprint density at radius 1 is 1.07 bits per heavy atom. The van der Waals surface area contributed by atoms with Gasteiger partial charge in [0.25, 0.3) is 0 Å². The standard InChI is InChI=1S/C32H38N5O7P/c1-6-41-18-27-35-28-29(25-13-9-10-14-26(25)34-30(28)33)37(27)19-32(5,39)44-45(40,36-21(4)31(38)42-20(2)3)43-24-16-15-22-11-7-8-12-23(22)17-24/h7-17,20-21,39H,6,18-19H2,1-5H3,(H2,33,34)(H,36,40)/t21-,32?,45+/m0/s1. The molecule has 4 N–H and O–H groups in total. The van der Waals surface area contributed by atoms with Gasteiger partial charge in [-0.25, -0.2) is 14.5 Å². The van der Waals surface area contributed by atoms with Gasteiger partial charge >= 0.3 is 13.7 Å². The molecule has 0 aliphatic rings. The zero-order chi connectivity index (χ0) is 32.4. The van der Waals surface area contributed by atoms with Gasteiger partial charge in [-0.15, -0.1) is 0 Å². The minimum absolute atomic E-state index is 0.108.